The number of nitro groups is 1. The van der Waals surface area contributed by atoms with Gasteiger partial charge in [-0.2, -0.15) is 0 Å². The average Bonchev–Trinajstić information content (AvgIpc) is 2.40. The third-order valence-corrected chi connectivity index (χ3v) is 3.23. The quantitative estimate of drug-likeness (QED) is 0.503. The number of benzene rings is 2. The second-order valence-electron chi connectivity index (χ2n) is 4.62. The lowest BCUT2D eigenvalue weighted by Crippen LogP contribution is -2.00. The fourth-order valence-electron chi connectivity index (χ4n) is 2.14. The highest BCUT2D eigenvalue weighted by Crippen LogP contribution is 2.29. The van der Waals surface area contributed by atoms with Crippen molar-refractivity contribution < 1.29 is 4.92 Å². The lowest BCUT2D eigenvalue weighted by molar-refractivity contribution is -0.383. The molecule has 2 aromatic rings. The highest BCUT2D eigenvalue weighted by Gasteiger charge is 2.12. The van der Waals surface area contributed by atoms with Gasteiger partial charge < -0.3 is 11.1 Å². The minimum Gasteiger partial charge on any atom is -0.393 e. The largest absolute Gasteiger partial charge is 0.393 e. The molecule has 0 saturated carbocycles. The van der Waals surface area contributed by atoms with Crippen molar-refractivity contribution in [3.05, 3.63) is 57.6 Å². The molecule has 0 bridgehead atoms. The smallest absolute Gasteiger partial charge is 0.292 e. The number of nitro benzene ring substituents is 1. The Bertz CT molecular complexity index is 654. The number of hydrogen-bond donors (Lipinski definition) is 2. The number of nitrogen functional groups attached to an aromatic ring is 1. The standard InChI is InChI=1S/C15H17N3O2/c1-3-11-6-4-5-10(2)15(11)17-12-7-8-14(18(19)20)13(16)9-12/h4-9,17H,3,16H2,1-2H3. The van der Waals surface area contributed by atoms with E-state index >= 15 is 0 Å². The van der Waals surface area contributed by atoms with E-state index in [-0.39, 0.29) is 11.4 Å². The lowest BCUT2D eigenvalue weighted by Gasteiger charge is -2.14. The van der Waals surface area contributed by atoms with E-state index in [1.807, 2.05) is 19.1 Å². The van der Waals surface area contributed by atoms with Crippen LogP contribution >= 0.6 is 0 Å². The fourth-order valence-corrected chi connectivity index (χ4v) is 2.14. The zero-order chi connectivity index (χ0) is 14.7. The van der Waals surface area contributed by atoms with Crippen molar-refractivity contribution in [2.75, 3.05) is 11.1 Å². The van der Waals surface area contributed by atoms with Crippen LogP contribution in [-0.2, 0) is 6.42 Å². The molecular formula is C15H17N3O2. The molecule has 0 unspecified atom stereocenters. The molecule has 3 N–H and O–H groups in total. The van der Waals surface area contributed by atoms with Gasteiger partial charge in [0, 0.05) is 17.4 Å². The Hall–Kier alpha value is -2.56. The molecule has 0 heterocycles. The molecule has 0 atom stereocenters. The molecule has 0 spiro atoms. The molecule has 5 nitrogen and oxygen atoms in total. The molecule has 5 heteroatoms. The van der Waals surface area contributed by atoms with Crippen molar-refractivity contribution in [2.24, 2.45) is 0 Å². The molecule has 0 amide bonds. The topological polar surface area (TPSA) is 81.2 Å². The van der Waals surface area contributed by atoms with Crippen molar-refractivity contribution in [1.82, 2.24) is 0 Å². The molecule has 0 aromatic heterocycles. The van der Waals surface area contributed by atoms with E-state index in [2.05, 4.69) is 18.3 Å². The van der Waals surface area contributed by atoms with Gasteiger partial charge in [-0.1, -0.05) is 25.1 Å². The molecule has 0 aliphatic rings. The third kappa shape index (κ3) is 2.71. The minimum absolute atomic E-state index is 0.0731. The SMILES string of the molecule is CCc1cccc(C)c1Nc1ccc([N+](=O)[O-])c(N)c1. The van der Waals surface area contributed by atoms with E-state index < -0.39 is 4.92 Å². The van der Waals surface area contributed by atoms with Crippen LogP contribution in [0, 0.1) is 17.0 Å². The molecule has 0 saturated heterocycles. The van der Waals surface area contributed by atoms with Crippen LogP contribution in [0.4, 0.5) is 22.7 Å². The first-order valence-electron chi connectivity index (χ1n) is 6.42. The summed E-state index contributed by atoms with van der Waals surface area (Å²) in [5, 5.41) is 14.0. The normalized spacial score (nSPS) is 10.3. The molecular weight excluding hydrogens is 254 g/mol. The summed E-state index contributed by atoms with van der Waals surface area (Å²) in [5.41, 5.74) is 9.89. The number of anilines is 3. The highest BCUT2D eigenvalue weighted by molar-refractivity contribution is 5.72. The van der Waals surface area contributed by atoms with Gasteiger partial charge in [0.15, 0.2) is 0 Å². The first kappa shape index (κ1) is 13.9. The minimum atomic E-state index is -0.482. The summed E-state index contributed by atoms with van der Waals surface area (Å²) >= 11 is 0. The Balaban J connectivity index is 2.36. The zero-order valence-corrected chi connectivity index (χ0v) is 11.5. The van der Waals surface area contributed by atoms with E-state index in [1.54, 1.807) is 12.1 Å². The monoisotopic (exact) mass is 271 g/mol. The first-order chi connectivity index (χ1) is 9.52. The summed E-state index contributed by atoms with van der Waals surface area (Å²) < 4.78 is 0. The van der Waals surface area contributed by atoms with Gasteiger partial charge in [-0.25, -0.2) is 0 Å². The summed E-state index contributed by atoms with van der Waals surface area (Å²) in [7, 11) is 0. The van der Waals surface area contributed by atoms with Crippen LogP contribution in [-0.4, -0.2) is 4.92 Å². The van der Waals surface area contributed by atoms with Gasteiger partial charge in [0.05, 0.1) is 4.92 Å². The summed E-state index contributed by atoms with van der Waals surface area (Å²) in [4.78, 5) is 10.3. The van der Waals surface area contributed by atoms with Gasteiger partial charge in [0.2, 0.25) is 0 Å². The van der Waals surface area contributed by atoms with Crippen molar-refractivity contribution in [3.8, 4) is 0 Å². The molecule has 0 aliphatic carbocycles. The Morgan fingerprint density at radius 3 is 2.65 bits per heavy atom. The van der Waals surface area contributed by atoms with E-state index in [4.69, 9.17) is 5.73 Å². The fraction of sp³-hybridized carbons (Fsp3) is 0.200. The van der Waals surface area contributed by atoms with Crippen LogP contribution < -0.4 is 11.1 Å². The number of hydrogen-bond acceptors (Lipinski definition) is 4. The van der Waals surface area contributed by atoms with E-state index in [1.165, 1.54) is 11.6 Å². The number of aryl methyl sites for hydroxylation is 2. The molecule has 2 aromatic carbocycles. The molecule has 0 aliphatic heterocycles. The lowest BCUT2D eigenvalue weighted by atomic mass is 10.1. The van der Waals surface area contributed by atoms with E-state index in [0.29, 0.717) is 0 Å². The number of nitrogens with two attached hydrogens (primary N) is 1. The predicted molar refractivity (Wildman–Crippen MR) is 81.3 cm³/mol. The summed E-state index contributed by atoms with van der Waals surface area (Å²) in [6.45, 7) is 4.11. The Morgan fingerprint density at radius 1 is 1.30 bits per heavy atom. The van der Waals surface area contributed by atoms with Gasteiger partial charge in [0.1, 0.15) is 5.69 Å². The van der Waals surface area contributed by atoms with Crippen molar-refractivity contribution in [1.29, 1.82) is 0 Å². The van der Waals surface area contributed by atoms with Crippen molar-refractivity contribution in [3.63, 3.8) is 0 Å². The van der Waals surface area contributed by atoms with Crippen molar-refractivity contribution in [2.45, 2.75) is 20.3 Å². The van der Waals surface area contributed by atoms with Gasteiger partial charge in [-0.05, 0) is 36.6 Å². The molecule has 0 radical (unpaired) electrons. The molecule has 20 heavy (non-hydrogen) atoms. The third-order valence-electron chi connectivity index (χ3n) is 3.23. The van der Waals surface area contributed by atoms with Crippen molar-refractivity contribution >= 4 is 22.7 Å². The maximum Gasteiger partial charge on any atom is 0.292 e. The van der Waals surface area contributed by atoms with E-state index in [9.17, 15) is 10.1 Å². The second kappa shape index (κ2) is 5.61. The summed E-state index contributed by atoms with van der Waals surface area (Å²) in [6.07, 6.45) is 0.909. The second-order valence-corrected chi connectivity index (χ2v) is 4.62. The average molecular weight is 271 g/mol. The molecule has 0 fully saturated rings. The summed E-state index contributed by atoms with van der Waals surface area (Å²) in [6, 6.07) is 10.8. The molecule has 104 valence electrons. The van der Waals surface area contributed by atoms with Crippen LogP contribution in [0.3, 0.4) is 0 Å². The Labute approximate surface area is 117 Å². The van der Waals surface area contributed by atoms with Crippen LogP contribution in [0.1, 0.15) is 18.1 Å². The van der Waals surface area contributed by atoms with Gasteiger partial charge in [0.25, 0.3) is 5.69 Å². The van der Waals surface area contributed by atoms with Gasteiger partial charge in [-0.3, -0.25) is 10.1 Å². The zero-order valence-electron chi connectivity index (χ0n) is 11.5. The van der Waals surface area contributed by atoms with Gasteiger partial charge in [-0.15, -0.1) is 0 Å². The van der Waals surface area contributed by atoms with Crippen LogP contribution in [0.2, 0.25) is 0 Å². The predicted octanol–water partition coefficient (Wildman–Crippen LogP) is 3.79. The number of para-hydroxylation sites is 1. The maximum atomic E-state index is 10.8. The number of nitrogens with zero attached hydrogens (tertiary/aromatic N) is 1. The summed E-state index contributed by atoms with van der Waals surface area (Å²) in [5.74, 6) is 0. The highest BCUT2D eigenvalue weighted by atomic mass is 16.6. The Kier molecular flexibility index (Phi) is 3.89. The van der Waals surface area contributed by atoms with E-state index in [0.717, 1.165) is 23.4 Å². The van der Waals surface area contributed by atoms with Crippen LogP contribution in [0.5, 0.6) is 0 Å². The van der Waals surface area contributed by atoms with Gasteiger partial charge >= 0.3 is 0 Å². The molecule has 2 rings (SSSR count). The Morgan fingerprint density at radius 2 is 2.05 bits per heavy atom. The number of nitrogens with one attached hydrogen (secondary N) is 1. The van der Waals surface area contributed by atoms with Crippen LogP contribution in [0.25, 0.3) is 0 Å². The number of rotatable bonds is 4. The maximum absolute atomic E-state index is 10.8. The first-order valence-corrected chi connectivity index (χ1v) is 6.42. The van der Waals surface area contributed by atoms with Crippen LogP contribution in [0.15, 0.2) is 36.4 Å².